The fraction of sp³-hybridized carbons (Fsp3) is 0.600. The third kappa shape index (κ3) is 4.96. The Kier molecular flexibility index (Phi) is 4.72. The Balaban J connectivity index is 3.16. The van der Waals surface area contributed by atoms with Crippen LogP contribution in [0.5, 0.6) is 0 Å². The molecule has 0 radical (unpaired) electrons. The lowest BCUT2D eigenvalue weighted by Crippen LogP contribution is -2.23. The molecular weight excluding hydrogens is 122 g/mol. The molecule has 0 aromatic rings. The van der Waals surface area contributed by atoms with Gasteiger partial charge in [0.2, 0.25) is 0 Å². The number of esters is 1. The van der Waals surface area contributed by atoms with Gasteiger partial charge in [0.05, 0.1) is 6.54 Å². The van der Waals surface area contributed by atoms with E-state index in [2.05, 4.69) is 10.1 Å². The number of rotatable bonds is 4. The van der Waals surface area contributed by atoms with Crippen molar-refractivity contribution in [3.63, 3.8) is 0 Å². The molecule has 0 aliphatic rings. The zero-order valence-corrected chi connectivity index (χ0v) is 5.22. The molecule has 0 aliphatic carbocycles. The highest BCUT2D eigenvalue weighted by Gasteiger charge is 1.97. The Morgan fingerprint density at radius 3 is 2.89 bits per heavy atom. The summed E-state index contributed by atoms with van der Waals surface area (Å²) in [5.41, 5.74) is 0. The van der Waals surface area contributed by atoms with Gasteiger partial charge >= 0.3 is 12.4 Å². The van der Waals surface area contributed by atoms with Crippen LogP contribution in [-0.2, 0) is 14.3 Å². The first-order valence-corrected chi connectivity index (χ1v) is 2.65. The summed E-state index contributed by atoms with van der Waals surface area (Å²) < 4.78 is 3.96. The van der Waals surface area contributed by atoms with E-state index in [9.17, 15) is 9.59 Å². The van der Waals surface area contributed by atoms with Crippen molar-refractivity contribution < 1.29 is 14.3 Å². The Morgan fingerprint density at radius 1 is 1.78 bits per heavy atom. The van der Waals surface area contributed by atoms with Crippen LogP contribution >= 0.6 is 0 Å². The molecule has 4 nitrogen and oxygen atoms in total. The number of carbonyl (C=O) groups excluding carboxylic acids is 2. The molecular formula is C5H9NO3. The molecule has 0 fully saturated rings. The van der Waals surface area contributed by atoms with Gasteiger partial charge in [-0.3, -0.25) is 9.59 Å². The molecule has 0 saturated carbocycles. The van der Waals surface area contributed by atoms with E-state index in [-0.39, 0.29) is 13.0 Å². The van der Waals surface area contributed by atoms with Crippen LogP contribution in [0.1, 0.15) is 6.92 Å². The van der Waals surface area contributed by atoms with Gasteiger partial charge in [-0.05, 0) is 6.54 Å². The van der Waals surface area contributed by atoms with Crippen molar-refractivity contribution >= 4 is 12.4 Å². The average Bonchev–Trinajstić information content (AvgIpc) is 1.85. The average molecular weight is 131 g/mol. The minimum atomic E-state index is -0.549. The number of nitrogens with one attached hydrogen (secondary N) is 1. The van der Waals surface area contributed by atoms with Gasteiger partial charge in [-0.1, -0.05) is 6.92 Å². The van der Waals surface area contributed by atoms with Crippen molar-refractivity contribution in [3.05, 3.63) is 0 Å². The smallest absolute Gasteiger partial charge is 0.327 e. The highest BCUT2D eigenvalue weighted by Crippen LogP contribution is 1.68. The molecule has 0 saturated heterocycles. The van der Waals surface area contributed by atoms with E-state index < -0.39 is 5.97 Å². The fourth-order valence-electron chi connectivity index (χ4n) is 0.322. The van der Waals surface area contributed by atoms with Crippen LogP contribution < -0.4 is 5.32 Å². The molecule has 9 heavy (non-hydrogen) atoms. The molecule has 0 heterocycles. The molecule has 0 bridgehead atoms. The molecule has 1 N–H and O–H groups in total. The molecule has 0 aromatic heterocycles. The summed E-state index contributed by atoms with van der Waals surface area (Å²) in [6.45, 7) is 2.76. The van der Waals surface area contributed by atoms with E-state index in [0.29, 0.717) is 6.54 Å². The van der Waals surface area contributed by atoms with Crippen LogP contribution in [0, 0.1) is 0 Å². The zero-order valence-electron chi connectivity index (χ0n) is 5.22. The van der Waals surface area contributed by atoms with E-state index in [1.807, 2.05) is 6.92 Å². The van der Waals surface area contributed by atoms with Gasteiger partial charge in [-0.2, -0.15) is 0 Å². The molecule has 0 amide bonds. The first-order chi connectivity index (χ1) is 4.31. The lowest BCUT2D eigenvalue weighted by molar-refractivity contribution is -0.150. The minimum absolute atomic E-state index is 0.0925. The van der Waals surface area contributed by atoms with Gasteiger partial charge in [0.1, 0.15) is 0 Å². The van der Waals surface area contributed by atoms with Gasteiger partial charge in [-0.25, -0.2) is 0 Å². The van der Waals surface area contributed by atoms with Gasteiger partial charge < -0.3 is 10.1 Å². The number of hydrogen-bond donors (Lipinski definition) is 1. The number of likely N-dealkylation sites (N-methyl/N-ethyl adjacent to an activating group) is 1. The normalized spacial score (nSPS) is 8.56. The summed E-state index contributed by atoms with van der Waals surface area (Å²) in [5, 5.41) is 2.70. The predicted molar refractivity (Wildman–Crippen MR) is 30.7 cm³/mol. The minimum Gasteiger partial charge on any atom is -0.395 e. The zero-order chi connectivity index (χ0) is 7.11. The maximum Gasteiger partial charge on any atom is 0.327 e. The molecule has 0 aromatic carbocycles. The number of hydrogen-bond acceptors (Lipinski definition) is 4. The van der Waals surface area contributed by atoms with Crippen molar-refractivity contribution in [3.8, 4) is 0 Å². The van der Waals surface area contributed by atoms with Crippen molar-refractivity contribution in [1.82, 2.24) is 5.32 Å². The van der Waals surface area contributed by atoms with E-state index >= 15 is 0 Å². The van der Waals surface area contributed by atoms with E-state index in [1.165, 1.54) is 0 Å². The number of carbonyl (C=O) groups is 2. The highest BCUT2D eigenvalue weighted by molar-refractivity contribution is 5.78. The summed E-state index contributed by atoms with van der Waals surface area (Å²) in [5.74, 6) is -0.549. The second-order valence-corrected chi connectivity index (χ2v) is 1.37. The third-order valence-electron chi connectivity index (χ3n) is 0.699. The maximum atomic E-state index is 10.3. The standard InChI is InChI=1S/C5H9NO3/c1-2-6-3-5(8)9-4-7/h4,6H,2-3H2,1H3. The van der Waals surface area contributed by atoms with Crippen LogP contribution in [0.3, 0.4) is 0 Å². The molecule has 52 valence electrons. The van der Waals surface area contributed by atoms with Crippen LogP contribution in [0.25, 0.3) is 0 Å². The monoisotopic (exact) mass is 131 g/mol. The quantitative estimate of drug-likeness (QED) is 0.311. The molecule has 0 rings (SSSR count). The topological polar surface area (TPSA) is 55.4 Å². The summed E-state index contributed by atoms with van der Waals surface area (Å²) in [6, 6.07) is 0. The summed E-state index contributed by atoms with van der Waals surface area (Å²) in [6.07, 6.45) is 0. The molecule has 0 spiro atoms. The lowest BCUT2D eigenvalue weighted by Gasteiger charge is -1.95. The van der Waals surface area contributed by atoms with Gasteiger partial charge in [0, 0.05) is 0 Å². The largest absolute Gasteiger partial charge is 0.395 e. The maximum absolute atomic E-state index is 10.3. The van der Waals surface area contributed by atoms with Gasteiger partial charge in [0.25, 0.3) is 0 Å². The van der Waals surface area contributed by atoms with E-state index in [4.69, 9.17) is 0 Å². The predicted octanol–water partition coefficient (Wildman–Crippen LogP) is -0.705. The fourth-order valence-corrected chi connectivity index (χ4v) is 0.322. The molecule has 4 heteroatoms. The van der Waals surface area contributed by atoms with Crippen molar-refractivity contribution in [2.75, 3.05) is 13.1 Å². The van der Waals surface area contributed by atoms with Gasteiger partial charge in [0.15, 0.2) is 0 Å². The first kappa shape index (κ1) is 8.10. The Labute approximate surface area is 53.2 Å². The SMILES string of the molecule is CCNCC(=O)OC=O. The molecule has 0 atom stereocenters. The van der Waals surface area contributed by atoms with Crippen LogP contribution in [0.2, 0.25) is 0 Å². The number of ether oxygens (including phenoxy) is 1. The second-order valence-electron chi connectivity index (χ2n) is 1.37. The van der Waals surface area contributed by atoms with E-state index in [0.717, 1.165) is 0 Å². The van der Waals surface area contributed by atoms with Crippen LogP contribution in [-0.4, -0.2) is 25.5 Å². The first-order valence-electron chi connectivity index (χ1n) is 2.65. The second kappa shape index (κ2) is 5.24. The summed E-state index contributed by atoms with van der Waals surface area (Å²) in [4.78, 5) is 19.8. The summed E-state index contributed by atoms with van der Waals surface area (Å²) in [7, 11) is 0. The molecule has 0 aliphatic heterocycles. The Morgan fingerprint density at radius 2 is 2.44 bits per heavy atom. The van der Waals surface area contributed by atoms with Crippen molar-refractivity contribution in [2.45, 2.75) is 6.92 Å². The van der Waals surface area contributed by atoms with Crippen LogP contribution in [0.15, 0.2) is 0 Å². The van der Waals surface area contributed by atoms with Crippen molar-refractivity contribution in [2.24, 2.45) is 0 Å². The van der Waals surface area contributed by atoms with Crippen molar-refractivity contribution in [1.29, 1.82) is 0 Å². The summed E-state index contributed by atoms with van der Waals surface area (Å²) >= 11 is 0. The highest BCUT2D eigenvalue weighted by atomic mass is 16.6. The van der Waals surface area contributed by atoms with Crippen LogP contribution in [0.4, 0.5) is 0 Å². The van der Waals surface area contributed by atoms with Gasteiger partial charge in [-0.15, -0.1) is 0 Å². The molecule has 0 unspecified atom stereocenters. The Hall–Kier alpha value is -0.900. The van der Waals surface area contributed by atoms with E-state index in [1.54, 1.807) is 0 Å². The Bertz CT molecular complexity index is 102. The lowest BCUT2D eigenvalue weighted by atomic mass is 10.6. The third-order valence-corrected chi connectivity index (χ3v) is 0.699.